The van der Waals surface area contributed by atoms with Crippen LogP contribution in [0.15, 0.2) is 152 Å². The van der Waals surface area contributed by atoms with Gasteiger partial charge in [-0.3, -0.25) is 0 Å². The number of hydrogen-bond acceptors (Lipinski definition) is 2. The van der Waals surface area contributed by atoms with E-state index >= 15 is 0 Å². The molecular weight excluding hydrogens is 571 g/mol. The first-order chi connectivity index (χ1) is 18.9. The summed E-state index contributed by atoms with van der Waals surface area (Å²) >= 11 is -4.00. The van der Waals surface area contributed by atoms with Gasteiger partial charge < -0.3 is 0 Å². The number of aromatic nitrogens is 4. The molecule has 0 spiro atoms. The van der Waals surface area contributed by atoms with E-state index in [4.69, 9.17) is 9.97 Å². The van der Waals surface area contributed by atoms with Crippen molar-refractivity contribution in [1.29, 1.82) is 0 Å². The maximum atomic E-state index is 4.91. The quantitative estimate of drug-likeness (QED) is 0.249. The third-order valence-corrected chi connectivity index (χ3v) is 22.0. The molecule has 4 aromatic heterocycles. The fraction of sp³-hybridized carbons (Fsp3) is 0.0303. The molecule has 3 aromatic carbocycles. The maximum absolute atomic E-state index is 4.91. The van der Waals surface area contributed by atoms with Gasteiger partial charge in [-0.05, 0) is 0 Å². The summed E-state index contributed by atoms with van der Waals surface area (Å²) in [5.74, 6) is 0. The van der Waals surface area contributed by atoms with Crippen LogP contribution in [0.5, 0.6) is 0 Å². The Balaban J connectivity index is 1.69. The van der Waals surface area contributed by atoms with E-state index in [9.17, 15) is 0 Å². The molecule has 4 nitrogen and oxygen atoms in total. The van der Waals surface area contributed by atoms with E-state index in [2.05, 4.69) is 137 Å². The number of nitrogens with zero attached hydrogens (tertiary/aromatic N) is 4. The predicted molar refractivity (Wildman–Crippen MR) is 158 cm³/mol. The van der Waals surface area contributed by atoms with Gasteiger partial charge in [0.05, 0.1) is 0 Å². The Bertz CT molecular complexity index is 1650. The van der Waals surface area contributed by atoms with Gasteiger partial charge in [0.25, 0.3) is 0 Å². The minimum absolute atomic E-state index is 0.0451. The molecule has 0 atom stereocenters. The van der Waals surface area contributed by atoms with Crippen LogP contribution in [0.4, 0.5) is 0 Å². The SMILES string of the molecule is c1cc[c]([Sn]([c]2ccccc2)([c]2ccccc2)[CH](n2ccc3cccnc32)n2ccc3cccnc32)cc1. The fourth-order valence-corrected chi connectivity index (χ4v) is 21.1. The van der Waals surface area contributed by atoms with Gasteiger partial charge in [-0.25, -0.2) is 0 Å². The van der Waals surface area contributed by atoms with E-state index < -0.39 is 18.4 Å². The molecule has 0 aliphatic rings. The third-order valence-electron chi connectivity index (χ3n) is 7.55. The zero-order valence-electron chi connectivity index (χ0n) is 20.8. The third kappa shape index (κ3) is 3.59. The standard InChI is InChI=1S/C15H11N4.3C6H5.Sn/c1-3-12-5-9-18(14(12)16-7-1)11-19-10-6-13-4-2-8-17-15(13)19;3*1-2-4-6-5-3-1;/h1-11H;3*1-5H;. The molecule has 0 amide bonds. The molecule has 0 N–H and O–H groups in total. The van der Waals surface area contributed by atoms with E-state index in [1.54, 1.807) is 0 Å². The van der Waals surface area contributed by atoms with Crippen molar-refractivity contribution in [3.63, 3.8) is 0 Å². The molecule has 0 saturated heterocycles. The van der Waals surface area contributed by atoms with Gasteiger partial charge >= 0.3 is 227 Å². The Hall–Kier alpha value is -4.16. The Morgan fingerprint density at radius 2 is 0.842 bits per heavy atom. The van der Waals surface area contributed by atoms with Crippen LogP contribution in [0, 0.1) is 0 Å². The molecule has 0 saturated carbocycles. The van der Waals surface area contributed by atoms with Gasteiger partial charge in [0, 0.05) is 0 Å². The Morgan fingerprint density at radius 3 is 1.24 bits per heavy atom. The molecule has 7 aromatic rings. The van der Waals surface area contributed by atoms with Crippen LogP contribution in [0.1, 0.15) is 4.18 Å². The van der Waals surface area contributed by atoms with Crippen LogP contribution in [-0.2, 0) is 0 Å². The van der Waals surface area contributed by atoms with Crippen molar-refractivity contribution in [3.05, 3.63) is 152 Å². The van der Waals surface area contributed by atoms with Crippen molar-refractivity contribution >= 4 is 51.2 Å². The normalized spacial score (nSPS) is 11.9. The first-order valence-electron chi connectivity index (χ1n) is 12.9. The van der Waals surface area contributed by atoms with Gasteiger partial charge in [0.1, 0.15) is 0 Å². The Labute approximate surface area is 225 Å². The van der Waals surface area contributed by atoms with Crippen LogP contribution in [0.2, 0.25) is 0 Å². The van der Waals surface area contributed by atoms with Crippen LogP contribution in [-0.4, -0.2) is 37.5 Å². The first-order valence-corrected chi connectivity index (χ1v) is 18.8. The topological polar surface area (TPSA) is 35.6 Å². The second-order valence-corrected chi connectivity index (χ2v) is 20.6. The summed E-state index contributed by atoms with van der Waals surface area (Å²) in [5, 5.41) is 2.27. The molecule has 0 unspecified atom stereocenters. The fourth-order valence-electron chi connectivity index (χ4n) is 5.97. The summed E-state index contributed by atoms with van der Waals surface area (Å²) in [6, 6.07) is 46.1. The number of benzene rings is 3. The van der Waals surface area contributed by atoms with Crippen LogP contribution in [0.25, 0.3) is 22.1 Å². The molecule has 7 rings (SSSR count). The zero-order valence-corrected chi connectivity index (χ0v) is 23.7. The van der Waals surface area contributed by atoms with Crippen LogP contribution >= 0.6 is 0 Å². The molecule has 182 valence electrons. The average Bonchev–Trinajstić information content (AvgIpc) is 3.62. The summed E-state index contributed by atoms with van der Waals surface area (Å²) < 4.78 is 8.98. The molecule has 5 heteroatoms. The molecular formula is C33H26N4Sn. The van der Waals surface area contributed by atoms with Crippen molar-refractivity contribution in [1.82, 2.24) is 19.1 Å². The Morgan fingerprint density at radius 1 is 0.447 bits per heavy atom. The summed E-state index contributed by atoms with van der Waals surface area (Å²) in [5.41, 5.74) is 1.97. The molecule has 0 aliphatic heterocycles. The zero-order chi connectivity index (χ0) is 25.4. The van der Waals surface area contributed by atoms with Gasteiger partial charge in [-0.1, -0.05) is 0 Å². The second kappa shape index (κ2) is 9.62. The number of fused-ring (bicyclic) bond motifs is 2. The predicted octanol–water partition coefficient (Wildman–Crippen LogP) is 5.14. The summed E-state index contributed by atoms with van der Waals surface area (Å²) in [7, 11) is 0. The number of hydrogen-bond donors (Lipinski definition) is 0. The first kappa shape index (κ1) is 23.0. The van der Waals surface area contributed by atoms with Crippen molar-refractivity contribution in [2.45, 2.75) is 4.18 Å². The summed E-state index contributed by atoms with van der Waals surface area (Å²) in [4.78, 5) is 9.82. The van der Waals surface area contributed by atoms with Crippen molar-refractivity contribution < 1.29 is 0 Å². The van der Waals surface area contributed by atoms with Crippen molar-refractivity contribution in [2.24, 2.45) is 0 Å². The second-order valence-electron chi connectivity index (χ2n) is 9.56. The number of rotatable bonds is 6. The van der Waals surface area contributed by atoms with Crippen LogP contribution < -0.4 is 10.7 Å². The van der Waals surface area contributed by atoms with E-state index in [1.807, 2.05) is 24.5 Å². The average molecular weight is 597 g/mol. The van der Waals surface area contributed by atoms with Gasteiger partial charge in [-0.2, -0.15) is 0 Å². The Kier molecular flexibility index (Phi) is 5.82. The van der Waals surface area contributed by atoms with E-state index in [0.717, 1.165) is 22.1 Å². The van der Waals surface area contributed by atoms with Gasteiger partial charge in [0.2, 0.25) is 0 Å². The van der Waals surface area contributed by atoms with Crippen molar-refractivity contribution in [3.8, 4) is 0 Å². The molecule has 0 bridgehead atoms. The van der Waals surface area contributed by atoms with E-state index in [1.165, 1.54) is 10.7 Å². The molecule has 0 fully saturated rings. The minimum atomic E-state index is -4.00. The van der Waals surface area contributed by atoms with Crippen LogP contribution in [0.3, 0.4) is 0 Å². The molecule has 38 heavy (non-hydrogen) atoms. The summed E-state index contributed by atoms with van der Waals surface area (Å²) in [6.45, 7) is 0. The molecule has 0 radical (unpaired) electrons. The number of pyridine rings is 2. The monoisotopic (exact) mass is 598 g/mol. The molecule has 4 heterocycles. The van der Waals surface area contributed by atoms with Gasteiger partial charge in [0.15, 0.2) is 0 Å². The van der Waals surface area contributed by atoms with E-state index in [-0.39, 0.29) is 4.18 Å². The van der Waals surface area contributed by atoms with Crippen molar-refractivity contribution in [2.75, 3.05) is 0 Å². The van der Waals surface area contributed by atoms with Gasteiger partial charge in [-0.15, -0.1) is 0 Å². The molecule has 0 aliphatic carbocycles. The van der Waals surface area contributed by atoms with E-state index in [0.29, 0.717) is 0 Å². The summed E-state index contributed by atoms with van der Waals surface area (Å²) in [6.07, 6.45) is 8.23.